The largest absolute Gasteiger partial charge is 0.318 e. The first kappa shape index (κ1) is 17.4. The summed E-state index contributed by atoms with van der Waals surface area (Å²) in [6.07, 6.45) is 0. The lowest BCUT2D eigenvalue weighted by molar-refractivity contribution is -0.112. The highest BCUT2D eigenvalue weighted by Gasteiger charge is 2.30. The Hall–Kier alpha value is -2.41. The molecule has 2 amide bonds. The summed E-state index contributed by atoms with van der Waals surface area (Å²) in [7, 11) is 0. The number of hydrogen-bond donors (Lipinski definition) is 2. The van der Waals surface area contributed by atoms with E-state index >= 15 is 0 Å². The predicted octanol–water partition coefficient (Wildman–Crippen LogP) is 3.60. The molecule has 0 saturated heterocycles. The second-order valence-corrected chi connectivity index (χ2v) is 6.35. The van der Waals surface area contributed by atoms with E-state index < -0.39 is 23.4 Å². The monoisotopic (exact) mass is 396 g/mol. The van der Waals surface area contributed by atoms with Gasteiger partial charge < -0.3 is 10.6 Å². The molecule has 0 fully saturated rings. The zero-order valence-corrected chi connectivity index (χ0v) is 14.4. The third-order valence-electron chi connectivity index (χ3n) is 3.43. The molecule has 6 nitrogen and oxygen atoms in total. The average molecular weight is 398 g/mol. The Bertz CT molecular complexity index is 972. The summed E-state index contributed by atoms with van der Waals surface area (Å²) in [6, 6.07) is 7.61. The van der Waals surface area contributed by atoms with E-state index in [2.05, 4.69) is 10.6 Å². The molecule has 2 heterocycles. The number of Topliss-reactive ketones (excluding diaryl/α,β-unsaturated/α-hetero) is 2. The number of anilines is 2. The Morgan fingerprint density at radius 1 is 0.680 bits per heavy atom. The van der Waals surface area contributed by atoms with Crippen LogP contribution in [-0.4, -0.2) is 23.4 Å². The van der Waals surface area contributed by atoms with E-state index in [9.17, 15) is 19.2 Å². The average Bonchev–Trinajstić information content (AvgIpc) is 2.99. The van der Waals surface area contributed by atoms with Crippen molar-refractivity contribution in [1.29, 1.82) is 0 Å². The van der Waals surface area contributed by atoms with Gasteiger partial charge in [-0.25, -0.2) is 0 Å². The van der Waals surface area contributed by atoms with Crippen LogP contribution in [0.15, 0.2) is 30.3 Å². The molecule has 2 aliphatic rings. The van der Waals surface area contributed by atoms with Crippen LogP contribution in [0.3, 0.4) is 0 Å². The number of amides is 2. The number of benzene rings is 2. The van der Waals surface area contributed by atoms with Gasteiger partial charge in [0.15, 0.2) is 0 Å². The van der Waals surface area contributed by atoms with Crippen LogP contribution in [0.1, 0.15) is 20.7 Å². The molecule has 0 bridgehead atoms. The quantitative estimate of drug-likeness (QED) is 0.664. The molecule has 2 aromatic rings. The van der Waals surface area contributed by atoms with Crippen LogP contribution in [0.5, 0.6) is 0 Å². The minimum absolute atomic E-state index is 0.238. The first-order valence-electron chi connectivity index (χ1n) is 6.78. The topological polar surface area (TPSA) is 92.3 Å². The molecule has 126 valence electrons. The van der Waals surface area contributed by atoms with E-state index in [4.69, 9.17) is 34.8 Å². The SMILES string of the molecule is O=C1Nc2c(Cl)cc(Cl)cc2C1=O.O=C1Nc2ccc(Cl)cc2C1=O. The number of ketones is 2. The van der Waals surface area contributed by atoms with Gasteiger partial charge >= 0.3 is 0 Å². The van der Waals surface area contributed by atoms with Crippen molar-refractivity contribution in [3.8, 4) is 0 Å². The lowest BCUT2D eigenvalue weighted by atomic mass is 10.1. The molecule has 2 aromatic carbocycles. The second-order valence-electron chi connectivity index (χ2n) is 5.07. The molecule has 25 heavy (non-hydrogen) atoms. The van der Waals surface area contributed by atoms with Crippen LogP contribution in [0.4, 0.5) is 11.4 Å². The highest BCUT2D eigenvalue weighted by atomic mass is 35.5. The molecule has 9 heteroatoms. The number of carbonyl (C=O) groups excluding carboxylic acids is 4. The van der Waals surface area contributed by atoms with Crippen molar-refractivity contribution in [3.05, 3.63) is 56.5 Å². The number of fused-ring (bicyclic) bond motifs is 2. The Labute approximate surface area is 156 Å². The lowest BCUT2D eigenvalue weighted by Crippen LogP contribution is -2.12. The third kappa shape index (κ3) is 3.24. The third-order valence-corrected chi connectivity index (χ3v) is 4.18. The highest BCUT2D eigenvalue weighted by molar-refractivity contribution is 6.54. The van der Waals surface area contributed by atoms with Gasteiger partial charge in [-0.15, -0.1) is 0 Å². The molecule has 0 spiro atoms. The first-order valence-corrected chi connectivity index (χ1v) is 7.91. The Morgan fingerprint density at radius 3 is 2.00 bits per heavy atom. The molecule has 0 aliphatic carbocycles. The number of nitrogens with one attached hydrogen (secondary N) is 2. The van der Waals surface area contributed by atoms with Gasteiger partial charge in [0.1, 0.15) is 0 Å². The molecule has 0 saturated carbocycles. The summed E-state index contributed by atoms with van der Waals surface area (Å²) >= 11 is 17.1. The zero-order chi connectivity index (χ0) is 18.3. The van der Waals surface area contributed by atoms with Crippen LogP contribution >= 0.6 is 34.8 Å². The van der Waals surface area contributed by atoms with Crippen molar-refractivity contribution in [3.63, 3.8) is 0 Å². The van der Waals surface area contributed by atoms with Crippen molar-refractivity contribution in [2.75, 3.05) is 10.6 Å². The van der Waals surface area contributed by atoms with Crippen LogP contribution in [0.2, 0.25) is 15.1 Å². The Kier molecular flexibility index (Phi) is 4.51. The van der Waals surface area contributed by atoms with E-state index in [0.29, 0.717) is 27.0 Å². The number of rotatable bonds is 0. The lowest BCUT2D eigenvalue weighted by Gasteiger charge is -1.99. The van der Waals surface area contributed by atoms with Gasteiger partial charge in [0, 0.05) is 10.0 Å². The van der Waals surface area contributed by atoms with Crippen LogP contribution in [-0.2, 0) is 9.59 Å². The van der Waals surface area contributed by atoms with Gasteiger partial charge in [0.05, 0.1) is 27.5 Å². The fourth-order valence-electron chi connectivity index (χ4n) is 2.29. The maximum atomic E-state index is 11.2. The maximum Gasteiger partial charge on any atom is 0.296 e. The van der Waals surface area contributed by atoms with Gasteiger partial charge in [0.2, 0.25) is 0 Å². The van der Waals surface area contributed by atoms with Crippen molar-refractivity contribution >= 4 is 69.6 Å². The summed E-state index contributed by atoms with van der Waals surface area (Å²) in [4.78, 5) is 44.0. The molecular weight excluding hydrogens is 391 g/mol. The maximum absolute atomic E-state index is 11.2. The fraction of sp³-hybridized carbons (Fsp3) is 0. The van der Waals surface area contributed by atoms with Crippen molar-refractivity contribution in [1.82, 2.24) is 0 Å². The molecule has 0 radical (unpaired) electrons. The van der Waals surface area contributed by atoms with Gasteiger partial charge in [-0.3, -0.25) is 19.2 Å². The van der Waals surface area contributed by atoms with E-state index in [0.717, 1.165) is 0 Å². The summed E-state index contributed by atoms with van der Waals surface area (Å²) in [5.74, 6) is -2.38. The Morgan fingerprint density at radius 2 is 1.28 bits per heavy atom. The number of carbonyl (C=O) groups is 4. The summed E-state index contributed by atoms with van der Waals surface area (Å²) in [5.41, 5.74) is 1.48. The Balaban J connectivity index is 0.000000146. The highest BCUT2D eigenvalue weighted by Crippen LogP contribution is 2.33. The number of halogens is 3. The number of hydrogen-bond acceptors (Lipinski definition) is 4. The smallest absolute Gasteiger partial charge is 0.296 e. The normalized spacial score (nSPS) is 14.4. The minimum atomic E-state index is -0.667. The van der Waals surface area contributed by atoms with E-state index in [1.807, 2.05) is 0 Å². The van der Waals surface area contributed by atoms with Crippen LogP contribution in [0, 0.1) is 0 Å². The first-order chi connectivity index (χ1) is 11.8. The van der Waals surface area contributed by atoms with Crippen LogP contribution < -0.4 is 10.6 Å². The van der Waals surface area contributed by atoms with E-state index in [-0.39, 0.29) is 10.6 Å². The fourth-order valence-corrected chi connectivity index (χ4v) is 3.00. The predicted molar refractivity (Wildman–Crippen MR) is 93.8 cm³/mol. The summed E-state index contributed by atoms with van der Waals surface area (Å²) < 4.78 is 0. The summed E-state index contributed by atoms with van der Waals surface area (Å²) in [6.45, 7) is 0. The van der Waals surface area contributed by atoms with E-state index in [1.54, 1.807) is 12.1 Å². The van der Waals surface area contributed by atoms with Crippen LogP contribution in [0.25, 0.3) is 0 Å². The molecule has 4 rings (SSSR count). The molecule has 2 N–H and O–H groups in total. The van der Waals surface area contributed by atoms with Crippen molar-refractivity contribution < 1.29 is 19.2 Å². The van der Waals surface area contributed by atoms with Gasteiger partial charge in [-0.05, 0) is 30.3 Å². The van der Waals surface area contributed by atoms with Crippen molar-refractivity contribution in [2.24, 2.45) is 0 Å². The second kappa shape index (κ2) is 6.48. The van der Waals surface area contributed by atoms with Gasteiger partial charge in [-0.1, -0.05) is 34.8 Å². The minimum Gasteiger partial charge on any atom is -0.318 e. The molecule has 0 atom stereocenters. The molecule has 0 unspecified atom stereocenters. The molecule has 2 aliphatic heterocycles. The standard InChI is InChI=1S/C8H3Cl2NO2.C8H4ClNO2/c9-3-1-4-6(5(10)2-3)11-8(13)7(4)12;9-4-1-2-6-5(3-4)7(11)8(12)10-6/h1-2H,(H,11,12,13);1-3H,(H,10,11,12). The summed E-state index contributed by atoms with van der Waals surface area (Å²) in [5, 5.41) is 5.87. The van der Waals surface area contributed by atoms with Gasteiger partial charge in [-0.2, -0.15) is 0 Å². The molecular formula is C16H7Cl3N2O4. The molecule has 0 aromatic heterocycles. The van der Waals surface area contributed by atoms with E-state index in [1.165, 1.54) is 18.2 Å². The zero-order valence-electron chi connectivity index (χ0n) is 12.2. The van der Waals surface area contributed by atoms with Gasteiger partial charge in [0.25, 0.3) is 23.4 Å². The van der Waals surface area contributed by atoms with Crippen molar-refractivity contribution in [2.45, 2.75) is 0 Å².